The van der Waals surface area contributed by atoms with Gasteiger partial charge in [-0.2, -0.15) is 4.31 Å². The SMILES string of the molecule is O=C(OC[C@H]1CCC[C@@H](C2CC2)N1S(=O)(=O)c1ccc(Cl)cc1)N1CCN(CCO)CC1. The van der Waals surface area contributed by atoms with Crippen LogP contribution < -0.4 is 0 Å². The predicted octanol–water partition coefficient (Wildman–Crippen LogP) is 2.41. The first-order chi connectivity index (χ1) is 15.4. The molecule has 3 aliphatic rings. The van der Waals surface area contributed by atoms with E-state index < -0.39 is 16.1 Å². The first-order valence-electron chi connectivity index (χ1n) is 11.4. The molecule has 0 spiro atoms. The Kier molecular flexibility index (Phi) is 7.62. The van der Waals surface area contributed by atoms with Crippen molar-refractivity contribution in [3.8, 4) is 0 Å². The summed E-state index contributed by atoms with van der Waals surface area (Å²) in [5, 5.41) is 9.56. The van der Waals surface area contributed by atoms with Crippen LogP contribution in [0.1, 0.15) is 32.1 Å². The van der Waals surface area contributed by atoms with E-state index in [-0.39, 0.29) is 30.2 Å². The molecule has 1 N–H and O–H groups in total. The van der Waals surface area contributed by atoms with Crippen molar-refractivity contribution in [3.05, 3.63) is 29.3 Å². The Morgan fingerprint density at radius 3 is 2.38 bits per heavy atom. The van der Waals surface area contributed by atoms with Gasteiger partial charge in [-0.15, -0.1) is 0 Å². The van der Waals surface area contributed by atoms with Crippen LogP contribution in [0.5, 0.6) is 0 Å². The molecule has 1 aromatic rings. The number of benzene rings is 1. The van der Waals surface area contributed by atoms with Gasteiger partial charge in [0.05, 0.1) is 17.5 Å². The number of piperidine rings is 1. The normalized spacial score (nSPS) is 25.6. The maximum atomic E-state index is 13.6. The summed E-state index contributed by atoms with van der Waals surface area (Å²) in [6.45, 7) is 3.24. The van der Waals surface area contributed by atoms with Crippen molar-refractivity contribution in [2.24, 2.45) is 5.92 Å². The molecule has 2 heterocycles. The fourth-order valence-electron chi connectivity index (χ4n) is 4.83. The molecule has 10 heteroatoms. The summed E-state index contributed by atoms with van der Waals surface area (Å²) >= 11 is 5.96. The van der Waals surface area contributed by atoms with Gasteiger partial charge in [-0.25, -0.2) is 13.2 Å². The lowest BCUT2D eigenvalue weighted by atomic mass is 9.96. The summed E-state index contributed by atoms with van der Waals surface area (Å²) < 4.78 is 34.5. The van der Waals surface area contributed by atoms with Crippen LogP contribution in [0.2, 0.25) is 5.02 Å². The van der Waals surface area contributed by atoms with Gasteiger partial charge in [0.15, 0.2) is 0 Å². The van der Waals surface area contributed by atoms with Crippen molar-refractivity contribution in [2.45, 2.75) is 49.1 Å². The number of ether oxygens (including phenoxy) is 1. The van der Waals surface area contributed by atoms with Crippen molar-refractivity contribution in [1.82, 2.24) is 14.1 Å². The molecule has 8 nitrogen and oxygen atoms in total. The number of β-amino-alcohol motifs (C(OH)–C–C–N with tert-alkyl or cyclic N) is 1. The van der Waals surface area contributed by atoms with E-state index in [9.17, 15) is 13.2 Å². The Morgan fingerprint density at radius 1 is 1.06 bits per heavy atom. The van der Waals surface area contributed by atoms with Crippen molar-refractivity contribution in [1.29, 1.82) is 0 Å². The second-order valence-corrected chi connectivity index (χ2v) is 11.2. The fourth-order valence-corrected chi connectivity index (χ4v) is 6.87. The highest BCUT2D eigenvalue weighted by molar-refractivity contribution is 7.89. The fraction of sp³-hybridized carbons (Fsp3) is 0.682. The molecule has 0 bridgehead atoms. The molecular weight excluding hydrogens is 454 g/mol. The van der Waals surface area contributed by atoms with Gasteiger partial charge in [0, 0.05) is 43.8 Å². The molecule has 4 rings (SSSR count). The van der Waals surface area contributed by atoms with Crippen LogP contribution in [0, 0.1) is 5.92 Å². The van der Waals surface area contributed by atoms with Gasteiger partial charge in [0.25, 0.3) is 0 Å². The van der Waals surface area contributed by atoms with E-state index in [0.29, 0.717) is 50.1 Å². The molecule has 2 saturated heterocycles. The third-order valence-electron chi connectivity index (χ3n) is 6.73. The Hall–Kier alpha value is -1.39. The number of aliphatic hydroxyl groups is 1. The number of carbonyl (C=O) groups excluding carboxylic acids is 1. The van der Waals surface area contributed by atoms with Crippen LogP contribution in [0.4, 0.5) is 4.79 Å². The minimum Gasteiger partial charge on any atom is -0.448 e. The first kappa shape index (κ1) is 23.8. The number of carbonyl (C=O) groups is 1. The van der Waals surface area contributed by atoms with Gasteiger partial charge >= 0.3 is 6.09 Å². The van der Waals surface area contributed by atoms with E-state index in [1.54, 1.807) is 33.5 Å². The smallest absolute Gasteiger partial charge is 0.409 e. The van der Waals surface area contributed by atoms with Gasteiger partial charge in [-0.1, -0.05) is 18.0 Å². The average Bonchev–Trinajstić information content (AvgIpc) is 3.63. The predicted molar refractivity (Wildman–Crippen MR) is 121 cm³/mol. The molecule has 3 fully saturated rings. The zero-order chi connectivity index (χ0) is 22.7. The lowest BCUT2D eigenvalue weighted by Gasteiger charge is -2.41. The Morgan fingerprint density at radius 2 is 1.75 bits per heavy atom. The molecule has 178 valence electrons. The highest BCUT2D eigenvalue weighted by Gasteiger charge is 2.46. The van der Waals surface area contributed by atoms with E-state index in [1.807, 2.05) is 0 Å². The number of rotatable bonds is 7. The lowest BCUT2D eigenvalue weighted by Crippen LogP contribution is -2.54. The quantitative estimate of drug-likeness (QED) is 0.637. The Balaban J connectivity index is 1.44. The maximum absolute atomic E-state index is 13.6. The number of aliphatic hydroxyl groups excluding tert-OH is 1. The van der Waals surface area contributed by atoms with Crippen LogP contribution in [0.25, 0.3) is 0 Å². The third kappa shape index (κ3) is 5.39. The summed E-state index contributed by atoms with van der Waals surface area (Å²) in [7, 11) is -3.73. The minimum atomic E-state index is -3.73. The lowest BCUT2D eigenvalue weighted by molar-refractivity contribution is 0.0446. The van der Waals surface area contributed by atoms with Crippen molar-refractivity contribution >= 4 is 27.7 Å². The third-order valence-corrected chi connectivity index (χ3v) is 8.97. The summed E-state index contributed by atoms with van der Waals surface area (Å²) in [5.74, 6) is 0.384. The number of halogens is 1. The number of nitrogens with zero attached hydrogens (tertiary/aromatic N) is 3. The monoisotopic (exact) mass is 485 g/mol. The molecule has 0 unspecified atom stereocenters. The minimum absolute atomic E-state index is 0.0462. The molecule has 1 aromatic carbocycles. The molecule has 0 radical (unpaired) electrons. The molecule has 0 aromatic heterocycles. The number of hydrogen-bond acceptors (Lipinski definition) is 6. The van der Waals surface area contributed by atoms with Crippen LogP contribution in [-0.2, 0) is 14.8 Å². The molecule has 1 saturated carbocycles. The maximum Gasteiger partial charge on any atom is 0.409 e. The van der Waals surface area contributed by atoms with E-state index in [4.69, 9.17) is 21.4 Å². The van der Waals surface area contributed by atoms with E-state index in [2.05, 4.69) is 4.90 Å². The zero-order valence-corrected chi connectivity index (χ0v) is 19.8. The summed E-state index contributed by atoms with van der Waals surface area (Å²) in [4.78, 5) is 16.6. The molecule has 1 amide bonds. The Bertz CT molecular complexity index is 885. The van der Waals surface area contributed by atoms with Crippen LogP contribution in [0.15, 0.2) is 29.2 Å². The number of amides is 1. The highest BCUT2D eigenvalue weighted by Crippen LogP contribution is 2.43. The molecule has 32 heavy (non-hydrogen) atoms. The number of piperazine rings is 1. The van der Waals surface area contributed by atoms with Crippen LogP contribution >= 0.6 is 11.6 Å². The average molecular weight is 486 g/mol. The van der Waals surface area contributed by atoms with Crippen LogP contribution in [-0.4, -0.2) is 91.7 Å². The molecule has 2 atom stereocenters. The molecular formula is C22H32ClN3O5S. The highest BCUT2D eigenvalue weighted by atomic mass is 35.5. The van der Waals surface area contributed by atoms with Crippen molar-refractivity contribution in [3.63, 3.8) is 0 Å². The largest absolute Gasteiger partial charge is 0.448 e. The molecule has 2 aliphatic heterocycles. The van der Waals surface area contributed by atoms with Gasteiger partial charge in [0.1, 0.15) is 6.61 Å². The van der Waals surface area contributed by atoms with Crippen LogP contribution in [0.3, 0.4) is 0 Å². The summed E-state index contributed by atoms with van der Waals surface area (Å²) in [6, 6.07) is 5.87. The van der Waals surface area contributed by atoms with Crippen molar-refractivity contribution < 1.29 is 23.1 Å². The second kappa shape index (κ2) is 10.3. The van der Waals surface area contributed by atoms with Crippen molar-refractivity contribution in [2.75, 3.05) is 45.9 Å². The van der Waals surface area contributed by atoms with E-state index >= 15 is 0 Å². The molecule has 1 aliphatic carbocycles. The standard InChI is InChI=1S/C22H32ClN3O5S/c23-18-6-8-20(9-7-18)32(29,30)26-19(2-1-3-21(26)17-4-5-17)16-31-22(28)25-12-10-24(11-13-25)14-15-27/h6-9,17,19,21,27H,1-5,10-16H2/t19-,21+/m1/s1. The topological polar surface area (TPSA) is 90.4 Å². The van der Waals surface area contributed by atoms with Gasteiger partial charge < -0.3 is 14.7 Å². The van der Waals surface area contributed by atoms with E-state index in [1.165, 1.54) is 0 Å². The zero-order valence-electron chi connectivity index (χ0n) is 18.2. The second-order valence-electron chi connectivity index (χ2n) is 8.91. The van der Waals surface area contributed by atoms with Gasteiger partial charge in [0.2, 0.25) is 10.0 Å². The van der Waals surface area contributed by atoms with Gasteiger partial charge in [-0.3, -0.25) is 4.90 Å². The van der Waals surface area contributed by atoms with E-state index in [0.717, 1.165) is 25.7 Å². The Labute approximate surface area is 195 Å². The summed E-state index contributed by atoms with van der Waals surface area (Å²) in [5.41, 5.74) is 0. The number of sulfonamides is 1. The summed E-state index contributed by atoms with van der Waals surface area (Å²) in [6.07, 6.45) is 4.13. The number of hydrogen-bond donors (Lipinski definition) is 1. The first-order valence-corrected chi connectivity index (χ1v) is 13.3. The van der Waals surface area contributed by atoms with Gasteiger partial charge in [-0.05, 0) is 55.9 Å².